The smallest absolute Gasteiger partial charge is 0.261 e. The van der Waals surface area contributed by atoms with Crippen molar-refractivity contribution in [3.8, 4) is 10.4 Å². The highest BCUT2D eigenvalue weighted by atomic mass is 32.2. The van der Waals surface area contributed by atoms with Crippen molar-refractivity contribution in [3.05, 3.63) is 100 Å². The molecule has 292 valence electrons. The fraction of sp³-hybridized carbons (Fsp3) is 0.347. The third-order valence-corrected chi connectivity index (χ3v) is 14.2. The first kappa shape index (κ1) is 39.1. The summed E-state index contributed by atoms with van der Waals surface area (Å²) in [6.45, 7) is 13.4. The number of benzene rings is 5. The summed E-state index contributed by atoms with van der Waals surface area (Å²) in [6.07, 6.45) is 13.7. The van der Waals surface area contributed by atoms with Gasteiger partial charge in [0.05, 0.1) is 0 Å². The summed E-state index contributed by atoms with van der Waals surface area (Å²) >= 11 is 3.18. The number of imide groups is 2. The highest BCUT2D eigenvalue weighted by Crippen LogP contribution is 2.52. The van der Waals surface area contributed by atoms with Crippen LogP contribution >= 0.6 is 23.1 Å². The number of nitrogens with zero attached hydrogens (tertiary/aromatic N) is 2. The summed E-state index contributed by atoms with van der Waals surface area (Å²) in [4.78, 5) is 63.4. The Kier molecular flexibility index (Phi) is 10.9. The number of hydrogen-bond acceptors (Lipinski definition) is 6. The van der Waals surface area contributed by atoms with Gasteiger partial charge in [0.2, 0.25) is 0 Å². The average molecular weight is 795 g/mol. The summed E-state index contributed by atoms with van der Waals surface area (Å²) in [5, 5.41) is 8.70. The van der Waals surface area contributed by atoms with Crippen LogP contribution in [0.2, 0.25) is 0 Å². The number of rotatable bonds is 16. The molecule has 0 saturated heterocycles. The van der Waals surface area contributed by atoms with Crippen LogP contribution in [0.5, 0.6) is 0 Å². The molecule has 2 aliphatic rings. The molecule has 1 aromatic heterocycles. The van der Waals surface area contributed by atoms with Gasteiger partial charge in [0.15, 0.2) is 0 Å². The van der Waals surface area contributed by atoms with E-state index in [9.17, 15) is 19.2 Å². The van der Waals surface area contributed by atoms with Crippen LogP contribution in [0.3, 0.4) is 0 Å². The Balaban J connectivity index is 1.47. The van der Waals surface area contributed by atoms with Crippen LogP contribution in [0.1, 0.15) is 126 Å². The summed E-state index contributed by atoms with van der Waals surface area (Å²) in [6, 6.07) is 15.9. The van der Waals surface area contributed by atoms with Crippen LogP contribution in [0.25, 0.3) is 58.4 Å². The normalized spacial score (nSPS) is 15.6. The molecule has 5 aromatic carbocycles. The fourth-order valence-corrected chi connectivity index (χ4v) is 10.8. The lowest BCUT2D eigenvalue weighted by molar-refractivity contribution is 0.0565. The van der Waals surface area contributed by atoms with Gasteiger partial charge in [-0.05, 0) is 111 Å². The lowest BCUT2D eigenvalue weighted by Crippen LogP contribution is -2.43. The summed E-state index contributed by atoms with van der Waals surface area (Å²) in [5.41, 5.74) is 3.89. The first-order chi connectivity index (χ1) is 27.7. The molecule has 0 N–H and O–H groups in total. The highest BCUT2D eigenvalue weighted by molar-refractivity contribution is 8.07. The number of amides is 4. The lowest BCUT2D eigenvalue weighted by Gasteiger charge is -2.33. The molecule has 4 amide bonds. The second kappa shape index (κ2) is 15.9. The van der Waals surface area contributed by atoms with Gasteiger partial charge in [-0.1, -0.05) is 97.1 Å². The molecule has 6 nitrogen and oxygen atoms in total. The van der Waals surface area contributed by atoms with E-state index in [0.29, 0.717) is 46.1 Å². The van der Waals surface area contributed by atoms with E-state index < -0.39 is 0 Å². The number of carbonyl (C=O) groups excluding carboxylic acids is 4. The molecule has 0 spiro atoms. The highest BCUT2D eigenvalue weighted by Gasteiger charge is 2.39. The number of unbranched alkanes of at least 4 members (excludes halogenated alkanes) is 2. The first-order valence-electron chi connectivity index (χ1n) is 20.6. The second-order valence-electron chi connectivity index (χ2n) is 15.7. The van der Waals surface area contributed by atoms with E-state index in [2.05, 4.69) is 40.3 Å². The van der Waals surface area contributed by atoms with E-state index in [1.807, 2.05) is 60.2 Å². The van der Waals surface area contributed by atoms with Gasteiger partial charge in [0.25, 0.3) is 23.6 Å². The van der Waals surface area contributed by atoms with Crippen LogP contribution in [0, 0.1) is 11.8 Å². The number of hydrogen-bond donors (Lipinski definition) is 0. The molecule has 8 rings (SSSR count). The number of thiophene rings is 1. The quantitative estimate of drug-likeness (QED) is 0.0422. The Morgan fingerprint density at radius 1 is 0.667 bits per heavy atom. The Morgan fingerprint density at radius 2 is 1.19 bits per heavy atom. The van der Waals surface area contributed by atoms with Gasteiger partial charge in [0.1, 0.15) is 0 Å². The summed E-state index contributed by atoms with van der Waals surface area (Å²) in [7, 11) is 0. The maximum absolute atomic E-state index is 14.8. The molecule has 0 saturated carbocycles. The van der Waals surface area contributed by atoms with Crippen LogP contribution < -0.4 is 0 Å². The maximum atomic E-state index is 14.8. The summed E-state index contributed by atoms with van der Waals surface area (Å²) < 4.78 is 0. The molecule has 57 heavy (non-hydrogen) atoms. The van der Waals surface area contributed by atoms with E-state index in [1.165, 1.54) is 9.80 Å². The largest absolute Gasteiger partial charge is 0.274 e. The minimum absolute atomic E-state index is 0.222. The van der Waals surface area contributed by atoms with Gasteiger partial charge in [0, 0.05) is 61.5 Å². The maximum Gasteiger partial charge on any atom is 0.261 e. The average Bonchev–Trinajstić information content (AvgIpc) is 3.78. The van der Waals surface area contributed by atoms with Crippen molar-refractivity contribution in [1.82, 2.24) is 9.80 Å². The molecule has 6 aromatic rings. The Morgan fingerprint density at radius 3 is 1.68 bits per heavy atom. The predicted octanol–water partition coefficient (Wildman–Crippen LogP) is 13.0. The van der Waals surface area contributed by atoms with E-state index in [1.54, 1.807) is 29.2 Å². The molecular formula is C49H50N2O4S2. The molecule has 2 aliphatic heterocycles. The third-order valence-electron chi connectivity index (χ3n) is 12.5. The Labute approximate surface area is 343 Å². The van der Waals surface area contributed by atoms with Gasteiger partial charge in [-0.15, -0.1) is 23.1 Å². The van der Waals surface area contributed by atoms with E-state index >= 15 is 0 Å². The third kappa shape index (κ3) is 6.22. The van der Waals surface area contributed by atoms with Crippen molar-refractivity contribution >= 4 is 94.7 Å². The fourth-order valence-electron chi connectivity index (χ4n) is 9.44. The van der Waals surface area contributed by atoms with Gasteiger partial charge >= 0.3 is 0 Å². The molecule has 8 heteroatoms. The second-order valence-corrected chi connectivity index (χ2v) is 17.5. The molecule has 3 heterocycles. The van der Waals surface area contributed by atoms with Crippen LogP contribution in [-0.2, 0) is 0 Å². The predicted molar refractivity (Wildman–Crippen MR) is 240 cm³/mol. The van der Waals surface area contributed by atoms with Gasteiger partial charge in [-0.2, -0.15) is 0 Å². The van der Waals surface area contributed by atoms with E-state index in [-0.39, 0.29) is 35.5 Å². The number of fused-ring (bicyclic) bond motifs is 2. The van der Waals surface area contributed by atoms with Gasteiger partial charge in [-0.3, -0.25) is 29.0 Å². The summed E-state index contributed by atoms with van der Waals surface area (Å²) in [5.74, 6) is -0.574. The van der Waals surface area contributed by atoms with Gasteiger partial charge in [-0.25, -0.2) is 0 Å². The van der Waals surface area contributed by atoms with Crippen molar-refractivity contribution in [3.63, 3.8) is 0 Å². The van der Waals surface area contributed by atoms with Crippen molar-refractivity contribution < 1.29 is 19.2 Å². The molecule has 2 unspecified atom stereocenters. The molecule has 2 atom stereocenters. The lowest BCUT2D eigenvalue weighted by atomic mass is 9.79. The Bertz CT molecular complexity index is 2640. The Hall–Kier alpha value is -4.79. The van der Waals surface area contributed by atoms with Gasteiger partial charge < -0.3 is 0 Å². The minimum atomic E-state index is -0.262. The van der Waals surface area contributed by atoms with Crippen molar-refractivity contribution in [1.29, 1.82) is 0 Å². The number of allylic oxidation sites excluding steroid dienone is 2. The number of thioether (sulfide) groups is 1. The standard InChI is InChI=1S/C49H50N2O4S2/c1-7-12-16-28(10-4)26-50-46(52)32-22-20-31-41-35(39-18-14-23-57-39)25-37-43-33(47(53)51(49(37)55)27-29(11-5)17-13-8-2)21-19-30(45(41)43)40-34(38(56-6)15-9-3)24-36(48(50)54)42(32)44(31)40/h9,14-15,18-25,28-29H,3,7-8,10-13,16-17,26-27H2,1-2,4-6H3. The van der Waals surface area contributed by atoms with E-state index in [4.69, 9.17) is 0 Å². The minimum Gasteiger partial charge on any atom is -0.274 e. The topological polar surface area (TPSA) is 74.8 Å². The van der Waals surface area contributed by atoms with Crippen molar-refractivity contribution in [2.24, 2.45) is 11.8 Å². The molecule has 0 radical (unpaired) electrons. The van der Waals surface area contributed by atoms with Crippen LogP contribution in [0.15, 0.2) is 72.6 Å². The SMILES string of the molecule is C=CC=C(SC)c1cc2c3c(ccc4c5c(-c6cccs6)cc6c7c(ccc(c1c34)c75)C(=O)N(CC(CC)CCCC)C6=O)C(=O)N(CC(CC)CCCC)C2=O. The molecule has 0 aliphatic carbocycles. The number of carbonyl (C=O) groups is 4. The monoisotopic (exact) mass is 794 g/mol. The molecule has 0 fully saturated rings. The zero-order valence-corrected chi connectivity index (χ0v) is 35.3. The molecular weight excluding hydrogens is 745 g/mol. The van der Waals surface area contributed by atoms with Crippen molar-refractivity contribution in [2.75, 3.05) is 19.3 Å². The zero-order chi connectivity index (χ0) is 40.1. The first-order valence-corrected chi connectivity index (χ1v) is 22.7. The van der Waals surface area contributed by atoms with Crippen molar-refractivity contribution in [2.45, 2.75) is 79.1 Å². The van der Waals surface area contributed by atoms with Crippen LogP contribution in [0.4, 0.5) is 0 Å². The zero-order valence-electron chi connectivity index (χ0n) is 33.6. The molecule has 0 bridgehead atoms. The van der Waals surface area contributed by atoms with E-state index in [0.717, 1.165) is 105 Å². The van der Waals surface area contributed by atoms with Crippen LogP contribution in [-0.4, -0.2) is 52.8 Å².